The Balaban J connectivity index is 1.67. The molecule has 2 aromatic rings. The Labute approximate surface area is 158 Å². The molecule has 2 amide bonds. The average Bonchev–Trinajstić information content (AvgIpc) is 2.71. The molecule has 0 aliphatic rings. The van der Waals surface area contributed by atoms with E-state index in [1.165, 1.54) is 14.2 Å². The summed E-state index contributed by atoms with van der Waals surface area (Å²) in [4.78, 5) is 24.0. The van der Waals surface area contributed by atoms with E-state index in [1.807, 2.05) is 30.3 Å². The Kier molecular flexibility index (Phi) is 7.96. The van der Waals surface area contributed by atoms with E-state index in [2.05, 4.69) is 10.6 Å². The molecule has 7 nitrogen and oxygen atoms in total. The minimum atomic E-state index is -0.270. The molecule has 0 aromatic heterocycles. The molecule has 0 fully saturated rings. The number of carbonyl (C=O) groups excluding carboxylic acids is 2. The molecule has 144 valence electrons. The molecule has 0 aliphatic heterocycles. The summed E-state index contributed by atoms with van der Waals surface area (Å²) in [5.74, 6) is 1.39. The number of hydrogen-bond acceptors (Lipinski definition) is 5. The predicted octanol–water partition coefficient (Wildman–Crippen LogP) is 2.02. The summed E-state index contributed by atoms with van der Waals surface area (Å²) < 4.78 is 15.8. The first-order valence-corrected chi connectivity index (χ1v) is 8.58. The van der Waals surface area contributed by atoms with Gasteiger partial charge in [0.1, 0.15) is 17.2 Å². The molecule has 7 heteroatoms. The molecule has 2 N–H and O–H groups in total. The maximum absolute atomic E-state index is 12.2. The van der Waals surface area contributed by atoms with E-state index in [0.29, 0.717) is 36.8 Å². The molecule has 0 unspecified atom stereocenters. The zero-order valence-electron chi connectivity index (χ0n) is 15.5. The van der Waals surface area contributed by atoms with Crippen molar-refractivity contribution < 1.29 is 23.8 Å². The van der Waals surface area contributed by atoms with E-state index < -0.39 is 0 Å². The van der Waals surface area contributed by atoms with Gasteiger partial charge in [0.25, 0.3) is 5.91 Å². The van der Waals surface area contributed by atoms with Gasteiger partial charge in [0.05, 0.1) is 27.2 Å². The van der Waals surface area contributed by atoms with E-state index in [1.54, 1.807) is 18.2 Å². The third kappa shape index (κ3) is 6.89. The van der Waals surface area contributed by atoms with E-state index in [9.17, 15) is 9.59 Å². The quantitative estimate of drug-likeness (QED) is 0.623. The van der Waals surface area contributed by atoms with Crippen LogP contribution in [0.5, 0.6) is 17.2 Å². The number of benzene rings is 2. The lowest BCUT2D eigenvalue weighted by atomic mass is 10.2. The number of nitrogens with one attached hydrogen (secondary N) is 2. The highest BCUT2D eigenvalue weighted by Crippen LogP contribution is 2.22. The van der Waals surface area contributed by atoms with Gasteiger partial charge in [-0.1, -0.05) is 18.2 Å². The number of amides is 2. The van der Waals surface area contributed by atoms with Crippen LogP contribution in [0.4, 0.5) is 0 Å². The lowest BCUT2D eigenvalue weighted by Crippen LogP contribution is -2.35. The van der Waals surface area contributed by atoms with Gasteiger partial charge in [-0.2, -0.15) is 0 Å². The molecule has 0 radical (unpaired) electrons. The summed E-state index contributed by atoms with van der Waals surface area (Å²) >= 11 is 0. The van der Waals surface area contributed by atoms with E-state index >= 15 is 0 Å². The molecule has 0 saturated carbocycles. The topological polar surface area (TPSA) is 85.9 Å². The number of carbonyl (C=O) groups is 2. The summed E-state index contributed by atoms with van der Waals surface area (Å²) in [6.07, 6.45) is 0.246. The summed E-state index contributed by atoms with van der Waals surface area (Å²) in [6, 6.07) is 14.2. The molecular weight excluding hydrogens is 348 g/mol. The first-order chi connectivity index (χ1) is 13.1. The molecule has 0 spiro atoms. The number of methoxy groups -OCH3 is 2. The molecular formula is C20H24N2O5. The maximum atomic E-state index is 12.2. The van der Waals surface area contributed by atoms with E-state index in [4.69, 9.17) is 14.2 Å². The van der Waals surface area contributed by atoms with Crippen molar-refractivity contribution in [1.29, 1.82) is 0 Å². The van der Waals surface area contributed by atoms with Gasteiger partial charge < -0.3 is 24.8 Å². The van der Waals surface area contributed by atoms with Crippen LogP contribution in [-0.2, 0) is 4.79 Å². The summed E-state index contributed by atoms with van der Waals surface area (Å²) in [5.41, 5.74) is 0.425. The Bertz CT molecular complexity index is 727. The van der Waals surface area contributed by atoms with Crippen molar-refractivity contribution in [1.82, 2.24) is 10.6 Å². The number of hydrogen-bond donors (Lipinski definition) is 2. The smallest absolute Gasteiger partial charge is 0.251 e. The highest BCUT2D eigenvalue weighted by molar-refractivity contribution is 5.95. The van der Waals surface area contributed by atoms with Gasteiger partial charge in [-0.25, -0.2) is 0 Å². The van der Waals surface area contributed by atoms with Crippen molar-refractivity contribution in [2.24, 2.45) is 0 Å². The minimum absolute atomic E-state index is 0.136. The Morgan fingerprint density at radius 3 is 2.11 bits per heavy atom. The van der Waals surface area contributed by atoms with Crippen LogP contribution in [0, 0.1) is 0 Å². The molecule has 27 heavy (non-hydrogen) atoms. The highest BCUT2D eigenvalue weighted by Gasteiger charge is 2.09. The van der Waals surface area contributed by atoms with Crippen molar-refractivity contribution in [3.05, 3.63) is 54.1 Å². The third-order valence-electron chi connectivity index (χ3n) is 3.69. The second kappa shape index (κ2) is 10.7. The van der Waals surface area contributed by atoms with E-state index in [0.717, 1.165) is 5.75 Å². The van der Waals surface area contributed by atoms with Crippen LogP contribution in [-0.4, -0.2) is 45.7 Å². The first-order valence-electron chi connectivity index (χ1n) is 8.58. The highest BCUT2D eigenvalue weighted by atomic mass is 16.5. The van der Waals surface area contributed by atoms with Gasteiger partial charge in [0.15, 0.2) is 0 Å². The van der Waals surface area contributed by atoms with Crippen molar-refractivity contribution in [2.75, 3.05) is 33.9 Å². The number of para-hydroxylation sites is 1. The van der Waals surface area contributed by atoms with Gasteiger partial charge in [-0.15, -0.1) is 0 Å². The van der Waals surface area contributed by atoms with Crippen LogP contribution in [0.25, 0.3) is 0 Å². The molecule has 0 atom stereocenters. The zero-order valence-corrected chi connectivity index (χ0v) is 15.5. The van der Waals surface area contributed by atoms with Crippen LogP contribution in [0.3, 0.4) is 0 Å². The number of ether oxygens (including phenoxy) is 3. The summed E-state index contributed by atoms with van der Waals surface area (Å²) in [6.45, 7) is 0.937. The van der Waals surface area contributed by atoms with Crippen molar-refractivity contribution in [3.8, 4) is 17.2 Å². The largest absolute Gasteiger partial charge is 0.497 e. The van der Waals surface area contributed by atoms with Gasteiger partial charge in [0.2, 0.25) is 5.91 Å². The Hall–Kier alpha value is -3.22. The monoisotopic (exact) mass is 372 g/mol. The van der Waals surface area contributed by atoms with Crippen LogP contribution < -0.4 is 24.8 Å². The predicted molar refractivity (Wildman–Crippen MR) is 101 cm³/mol. The van der Waals surface area contributed by atoms with Crippen molar-refractivity contribution in [3.63, 3.8) is 0 Å². The van der Waals surface area contributed by atoms with Gasteiger partial charge >= 0.3 is 0 Å². The maximum Gasteiger partial charge on any atom is 0.251 e. The SMILES string of the molecule is COc1cc(OC)cc(C(=O)NCCNC(=O)CCOc2ccccc2)c1. The second-order valence-corrected chi connectivity index (χ2v) is 5.62. The van der Waals surface area contributed by atoms with Gasteiger partial charge in [-0.3, -0.25) is 9.59 Å². The normalized spacial score (nSPS) is 10.0. The second-order valence-electron chi connectivity index (χ2n) is 5.62. The van der Waals surface area contributed by atoms with Crippen LogP contribution in [0.1, 0.15) is 16.8 Å². The van der Waals surface area contributed by atoms with Gasteiger partial charge in [-0.05, 0) is 24.3 Å². The zero-order chi connectivity index (χ0) is 19.5. The summed E-state index contributed by atoms with van der Waals surface area (Å²) in [7, 11) is 3.04. The van der Waals surface area contributed by atoms with Crippen LogP contribution in [0.2, 0.25) is 0 Å². The van der Waals surface area contributed by atoms with Crippen molar-refractivity contribution in [2.45, 2.75) is 6.42 Å². The minimum Gasteiger partial charge on any atom is -0.497 e. The standard InChI is InChI=1S/C20H24N2O5/c1-25-17-12-15(13-18(14-17)26-2)20(24)22-10-9-21-19(23)8-11-27-16-6-4-3-5-7-16/h3-7,12-14H,8-11H2,1-2H3,(H,21,23)(H,22,24). The van der Waals surface area contributed by atoms with Crippen LogP contribution in [0.15, 0.2) is 48.5 Å². The molecule has 0 heterocycles. The average molecular weight is 372 g/mol. The van der Waals surface area contributed by atoms with Gasteiger partial charge in [0, 0.05) is 24.7 Å². The van der Waals surface area contributed by atoms with Crippen LogP contribution >= 0.6 is 0 Å². The van der Waals surface area contributed by atoms with E-state index in [-0.39, 0.29) is 18.2 Å². The number of rotatable bonds is 10. The Morgan fingerprint density at radius 1 is 0.852 bits per heavy atom. The fourth-order valence-corrected chi connectivity index (χ4v) is 2.29. The molecule has 0 aliphatic carbocycles. The molecule has 2 rings (SSSR count). The summed E-state index contributed by atoms with van der Waals surface area (Å²) in [5, 5.41) is 5.48. The third-order valence-corrected chi connectivity index (χ3v) is 3.69. The molecule has 0 saturated heterocycles. The lowest BCUT2D eigenvalue weighted by molar-refractivity contribution is -0.121. The molecule has 2 aromatic carbocycles. The van der Waals surface area contributed by atoms with Crippen molar-refractivity contribution >= 4 is 11.8 Å². The molecule has 0 bridgehead atoms. The Morgan fingerprint density at radius 2 is 1.48 bits per heavy atom. The first kappa shape index (κ1) is 20.1. The fraction of sp³-hybridized carbons (Fsp3) is 0.300. The fourth-order valence-electron chi connectivity index (χ4n) is 2.29. The lowest BCUT2D eigenvalue weighted by Gasteiger charge is -2.10.